The largest absolute Gasteiger partial charge is 0.486 e. The van der Waals surface area contributed by atoms with E-state index in [-0.39, 0.29) is 17.7 Å². The zero-order chi connectivity index (χ0) is 14.7. The number of nitrogens with one attached hydrogen (secondary N) is 1. The van der Waals surface area contributed by atoms with Gasteiger partial charge in [-0.2, -0.15) is 0 Å². The van der Waals surface area contributed by atoms with Crippen LogP contribution in [-0.4, -0.2) is 47.7 Å². The molecule has 7 nitrogen and oxygen atoms in total. The van der Waals surface area contributed by atoms with E-state index in [4.69, 9.17) is 18.9 Å². The molecule has 1 fully saturated rings. The third kappa shape index (κ3) is 3.46. The fourth-order valence-electron chi connectivity index (χ4n) is 2.16. The van der Waals surface area contributed by atoms with Gasteiger partial charge in [0.25, 0.3) is 0 Å². The van der Waals surface area contributed by atoms with Gasteiger partial charge in [0.15, 0.2) is 17.8 Å². The Morgan fingerprint density at radius 3 is 2.52 bits per heavy atom. The Labute approximate surface area is 123 Å². The van der Waals surface area contributed by atoms with E-state index in [1.165, 1.54) is 12.1 Å². The molecule has 0 atom stereocenters. The number of hydrogen-bond donors (Lipinski definition) is 1. The second-order valence-electron chi connectivity index (χ2n) is 4.66. The van der Waals surface area contributed by atoms with Gasteiger partial charge in [-0.25, -0.2) is 13.1 Å². The van der Waals surface area contributed by atoms with Gasteiger partial charge < -0.3 is 18.9 Å². The summed E-state index contributed by atoms with van der Waals surface area (Å²) in [6.07, 6.45) is 0.150. The molecular weight excluding hydrogens is 298 g/mol. The van der Waals surface area contributed by atoms with Crippen LogP contribution in [0.15, 0.2) is 23.1 Å². The fraction of sp³-hybridized carbons (Fsp3) is 0.538. The zero-order valence-electron chi connectivity index (χ0n) is 11.4. The minimum atomic E-state index is -3.58. The van der Waals surface area contributed by atoms with Crippen molar-refractivity contribution in [3.63, 3.8) is 0 Å². The van der Waals surface area contributed by atoms with Crippen molar-refractivity contribution in [3.8, 4) is 11.5 Å². The van der Waals surface area contributed by atoms with Crippen molar-refractivity contribution < 1.29 is 27.4 Å². The Hall–Kier alpha value is -1.35. The van der Waals surface area contributed by atoms with E-state index in [2.05, 4.69) is 4.72 Å². The number of hydrogen-bond acceptors (Lipinski definition) is 6. The summed E-state index contributed by atoms with van der Waals surface area (Å²) in [7, 11) is -3.58. The normalized spacial score (nSPS) is 18.9. The lowest BCUT2D eigenvalue weighted by Gasteiger charge is -2.19. The molecule has 3 rings (SSSR count). The van der Waals surface area contributed by atoms with Crippen molar-refractivity contribution in [2.45, 2.75) is 17.6 Å². The molecule has 1 aromatic rings. The quantitative estimate of drug-likeness (QED) is 0.852. The monoisotopic (exact) mass is 315 g/mol. The Morgan fingerprint density at radius 2 is 1.76 bits per heavy atom. The van der Waals surface area contributed by atoms with Crippen LogP contribution in [0.2, 0.25) is 0 Å². The second-order valence-corrected chi connectivity index (χ2v) is 6.43. The van der Waals surface area contributed by atoms with Gasteiger partial charge >= 0.3 is 0 Å². The first-order chi connectivity index (χ1) is 10.1. The highest BCUT2D eigenvalue weighted by Gasteiger charge is 2.21. The zero-order valence-corrected chi connectivity index (χ0v) is 12.2. The predicted molar refractivity (Wildman–Crippen MR) is 72.9 cm³/mol. The Kier molecular flexibility index (Phi) is 4.29. The maximum atomic E-state index is 12.2. The summed E-state index contributed by atoms with van der Waals surface area (Å²) in [4.78, 5) is 0.153. The number of rotatable bonds is 5. The molecule has 0 aliphatic carbocycles. The smallest absolute Gasteiger partial charge is 0.240 e. The molecule has 1 N–H and O–H groups in total. The Morgan fingerprint density at radius 1 is 1.05 bits per heavy atom. The van der Waals surface area contributed by atoms with Gasteiger partial charge in [0.05, 0.1) is 18.1 Å². The van der Waals surface area contributed by atoms with E-state index in [1.807, 2.05) is 0 Å². The van der Waals surface area contributed by atoms with Crippen LogP contribution in [0.3, 0.4) is 0 Å². The molecule has 0 radical (unpaired) electrons. The lowest BCUT2D eigenvalue weighted by molar-refractivity contribution is -0.0451. The van der Waals surface area contributed by atoms with Gasteiger partial charge in [-0.15, -0.1) is 0 Å². The summed E-state index contributed by atoms with van der Waals surface area (Å²) >= 11 is 0. The lowest BCUT2D eigenvalue weighted by Crippen LogP contribution is -2.28. The van der Waals surface area contributed by atoms with Crippen LogP contribution >= 0.6 is 0 Å². The van der Waals surface area contributed by atoms with Crippen LogP contribution in [0.4, 0.5) is 0 Å². The molecule has 21 heavy (non-hydrogen) atoms. The van der Waals surface area contributed by atoms with Gasteiger partial charge in [-0.3, -0.25) is 0 Å². The molecule has 0 amide bonds. The topological polar surface area (TPSA) is 83.1 Å². The molecule has 2 aliphatic heterocycles. The van der Waals surface area contributed by atoms with Gasteiger partial charge in [0.2, 0.25) is 10.0 Å². The number of ether oxygens (including phenoxy) is 4. The van der Waals surface area contributed by atoms with Crippen molar-refractivity contribution in [1.29, 1.82) is 0 Å². The van der Waals surface area contributed by atoms with Crippen LogP contribution in [-0.2, 0) is 19.5 Å². The van der Waals surface area contributed by atoms with Gasteiger partial charge in [0.1, 0.15) is 13.2 Å². The van der Waals surface area contributed by atoms with Gasteiger partial charge in [-0.05, 0) is 12.1 Å². The molecule has 2 heterocycles. The van der Waals surface area contributed by atoms with E-state index < -0.39 is 10.0 Å². The highest BCUT2D eigenvalue weighted by Crippen LogP contribution is 2.32. The summed E-state index contributed by atoms with van der Waals surface area (Å²) in [5, 5.41) is 0. The SMILES string of the molecule is O=S(=O)(NCCC1OCCO1)c1ccc2c(c1)OCCO2. The molecule has 0 saturated carbocycles. The van der Waals surface area contributed by atoms with E-state index in [0.717, 1.165) is 0 Å². The second kappa shape index (κ2) is 6.18. The third-order valence-electron chi connectivity index (χ3n) is 3.19. The molecule has 2 aliphatic rings. The summed E-state index contributed by atoms with van der Waals surface area (Å²) in [5.41, 5.74) is 0. The van der Waals surface area contributed by atoms with Crippen molar-refractivity contribution in [2.24, 2.45) is 0 Å². The Balaban J connectivity index is 1.63. The number of benzene rings is 1. The van der Waals surface area contributed by atoms with Crippen molar-refractivity contribution in [3.05, 3.63) is 18.2 Å². The summed E-state index contributed by atoms with van der Waals surface area (Å²) in [5.74, 6) is 1.01. The molecule has 0 unspecified atom stereocenters. The first-order valence-corrected chi connectivity index (χ1v) is 8.26. The van der Waals surface area contributed by atoms with E-state index in [1.54, 1.807) is 6.07 Å². The van der Waals surface area contributed by atoms with Crippen LogP contribution in [0.25, 0.3) is 0 Å². The van der Waals surface area contributed by atoms with E-state index in [9.17, 15) is 8.42 Å². The summed E-state index contributed by atoms with van der Waals surface area (Å²) < 4.78 is 48.2. The van der Waals surface area contributed by atoms with Gasteiger partial charge in [0, 0.05) is 19.0 Å². The minimum Gasteiger partial charge on any atom is -0.486 e. The molecule has 1 saturated heterocycles. The van der Waals surface area contributed by atoms with Gasteiger partial charge in [-0.1, -0.05) is 0 Å². The average Bonchev–Trinajstić information content (AvgIpc) is 3.00. The number of fused-ring (bicyclic) bond motifs is 1. The maximum absolute atomic E-state index is 12.2. The van der Waals surface area contributed by atoms with Crippen molar-refractivity contribution in [1.82, 2.24) is 4.72 Å². The fourth-order valence-corrected chi connectivity index (χ4v) is 3.22. The predicted octanol–water partition coefficient (Wildman–Crippen LogP) is 0.499. The molecule has 0 spiro atoms. The maximum Gasteiger partial charge on any atom is 0.240 e. The molecule has 116 valence electrons. The highest BCUT2D eigenvalue weighted by molar-refractivity contribution is 7.89. The molecule has 1 aromatic carbocycles. The summed E-state index contributed by atoms with van der Waals surface area (Å²) in [6, 6.07) is 4.57. The minimum absolute atomic E-state index is 0.153. The van der Waals surface area contributed by atoms with E-state index in [0.29, 0.717) is 44.3 Å². The van der Waals surface area contributed by atoms with Crippen molar-refractivity contribution in [2.75, 3.05) is 33.0 Å². The highest BCUT2D eigenvalue weighted by atomic mass is 32.2. The van der Waals surface area contributed by atoms with Crippen molar-refractivity contribution >= 4 is 10.0 Å². The molecule has 0 aromatic heterocycles. The van der Waals surface area contributed by atoms with Crippen LogP contribution in [0.5, 0.6) is 11.5 Å². The third-order valence-corrected chi connectivity index (χ3v) is 4.65. The first-order valence-electron chi connectivity index (χ1n) is 6.78. The standard InChI is InChI=1S/C13H17NO6S/c15-21(16,14-4-3-13-19-7-8-20-13)10-1-2-11-12(9-10)18-6-5-17-11/h1-2,9,13-14H,3-8H2. The molecule has 8 heteroatoms. The molecule has 0 bridgehead atoms. The lowest BCUT2D eigenvalue weighted by atomic mass is 10.3. The first kappa shape index (κ1) is 14.6. The number of sulfonamides is 1. The average molecular weight is 315 g/mol. The van der Waals surface area contributed by atoms with E-state index >= 15 is 0 Å². The summed E-state index contributed by atoms with van der Waals surface area (Å²) in [6.45, 7) is 2.25. The Bertz CT molecular complexity index is 597. The molecular formula is C13H17NO6S. The van der Waals surface area contributed by atoms with Crippen LogP contribution in [0, 0.1) is 0 Å². The van der Waals surface area contributed by atoms with Crippen LogP contribution in [0.1, 0.15) is 6.42 Å². The van der Waals surface area contributed by atoms with Crippen LogP contribution < -0.4 is 14.2 Å².